The Balaban J connectivity index is 1.55. The Labute approximate surface area is 189 Å². The van der Waals surface area contributed by atoms with Gasteiger partial charge in [0.1, 0.15) is 11.6 Å². The Morgan fingerprint density at radius 2 is 1.97 bits per heavy atom. The number of furan rings is 1. The second-order valence-electron chi connectivity index (χ2n) is 7.46. The van der Waals surface area contributed by atoms with Crippen LogP contribution in [0.3, 0.4) is 0 Å². The Morgan fingerprint density at radius 3 is 2.68 bits per heavy atom. The van der Waals surface area contributed by atoms with Crippen LogP contribution in [0.15, 0.2) is 70.2 Å². The van der Waals surface area contributed by atoms with Gasteiger partial charge in [-0.1, -0.05) is 37.3 Å². The first kappa shape index (κ1) is 21.6. The Hall–Kier alpha value is -2.64. The van der Waals surface area contributed by atoms with Gasteiger partial charge in [-0.2, -0.15) is 0 Å². The van der Waals surface area contributed by atoms with Crippen LogP contribution < -0.4 is 4.90 Å². The molecule has 0 aliphatic rings. The molecule has 0 fully saturated rings. The highest BCUT2D eigenvalue weighted by Gasteiger charge is 2.22. The van der Waals surface area contributed by atoms with E-state index in [1.807, 2.05) is 24.3 Å². The fraction of sp³-hybridized carbons (Fsp3) is 0.250. The molecular formula is C24H23FN2O2S2. The first-order valence-electron chi connectivity index (χ1n) is 10.1. The lowest BCUT2D eigenvalue weighted by Crippen LogP contribution is -2.30. The quantitative estimate of drug-likeness (QED) is 0.273. The fourth-order valence-electron chi connectivity index (χ4n) is 3.28. The molecule has 0 aliphatic carbocycles. The summed E-state index contributed by atoms with van der Waals surface area (Å²) in [5.74, 6) is 1.38. The molecule has 4 aromatic rings. The van der Waals surface area contributed by atoms with Crippen molar-refractivity contribution in [2.24, 2.45) is 0 Å². The topological polar surface area (TPSA) is 46.3 Å². The summed E-state index contributed by atoms with van der Waals surface area (Å²) in [6.07, 6.45) is 1.95. The largest absolute Gasteiger partial charge is 0.467 e. The van der Waals surface area contributed by atoms with E-state index < -0.39 is 0 Å². The highest BCUT2D eigenvalue weighted by atomic mass is 32.2. The zero-order valence-corrected chi connectivity index (χ0v) is 19.0. The lowest BCUT2D eigenvalue weighted by atomic mass is 10.0. The number of hydrogen-bond acceptors (Lipinski definition) is 5. The van der Waals surface area contributed by atoms with E-state index in [-0.39, 0.29) is 11.7 Å². The van der Waals surface area contributed by atoms with Crippen LogP contribution in [0.5, 0.6) is 0 Å². The molecule has 2 heterocycles. The van der Waals surface area contributed by atoms with Crippen LogP contribution in [0.4, 0.5) is 9.52 Å². The molecule has 7 heteroatoms. The minimum atomic E-state index is -0.262. The molecule has 31 heavy (non-hydrogen) atoms. The molecule has 0 spiro atoms. The molecular weight excluding hydrogens is 431 g/mol. The molecule has 4 nitrogen and oxygen atoms in total. The van der Waals surface area contributed by atoms with E-state index in [0.717, 1.165) is 15.1 Å². The van der Waals surface area contributed by atoms with E-state index in [4.69, 9.17) is 9.40 Å². The summed E-state index contributed by atoms with van der Waals surface area (Å²) in [4.78, 5) is 20.7. The van der Waals surface area contributed by atoms with Gasteiger partial charge in [0.2, 0.25) is 5.91 Å². The summed E-state index contributed by atoms with van der Waals surface area (Å²) in [7, 11) is 0. The number of amides is 1. The van der Waals surface area contributed by atoms with E-state index in [0.29, 0.717) is 35.5 Å². The van der Waals surface area contributed by atoms with Crippen LogP contribution in [0.25, 0.3) is 10.2 Å². The maximum absolute atomic E-state index is 13.2. The van der Waals surface area contributed by atoms with Crippen molar-refractivity contribution in [3.8, 4) is 0 Å². The summed E-state index contributed by atoms with van der Waals surface area (Å²) >= 11 is 3.06. The standard InChI is InChI=1S/C24H23FN2O2S2/c1-16(2)20-6-3-7-21-23(20)26-24(31-21)27(15-18-5-4-13-29-18)22(28)12-14-30-19-10-8-17(25)9-11-19/h3-11,13,16H,12,14-15H2,1-2H3. The number of halogens is 1. The molecule has 160 valence electrons. The van der Waals surface area contributed by atoms with Crippen molar-refractivity contribution < 1.29 is 13.6 Å². The molecule has 0 bridgehead atoms. The van der Waals surface area contributed by atoms with Crippen LogP contribution >= 0.6 is 23.1 Å². The van der Waals surface area contributed by atoms with E-state index in [1.54, 1.807) is 23.3 Å². The maximum atomic E-state index is 13.2. The van der Waals surface area contributed by atoms with Crippen molar-refractivity contribution >= 4 is 44.4 Å². The number of rotatable bonds is 8. The van der Waals surface area contributed by atoms with Gasteiger partial charge in [0.15, 0.2) is 5.13 Å². The van der Waals surface area contributed by atoms with E-state index in [9.17, 15) is 9.18 Å². The summed E-state index contributed by atoms with van der Waals surface area (Å²) < 4.78 is 19.7. The molecule has 0 radical (unpaired) electrons. The molecule has 1 amide bonds. The molecule has 0 atom stereocenters. The van der Waals surface area contributed by atoms with Crippen LogP contribution in [-0.2, 0) is 11.3 Å². The lowest BCUT2D eigenvalue weighted by molar-refractivity contribution is -0.118. The number of thioether (sulfide) groups is 1. The number of aromatic nitrogens is 1. The number of carbonyl (C=O) groups is 1. The van der Waals surface area contributed by atoms with Gasteiger partial charge in [0, 0.05) is 17.1 Å². The number of carbonyl (C=O) groups excluding carboxylic acids is 1. The summed E-state index contributed by atoms with van der Waals surface area (Å²) in [5.41, 5.74) is 2.13. The second kappa shape index (κ2) is 9.66. The van der Waals surface area contributed by atoms with Crippen LogP contribution in [-0.4, -0.2) is 16.6 Å². The summed E-state index contributed by atoms with van der Waals surface area (Å²) in [5, 5.41) is 0.677. The third-order valence-corrected chi connectivity index (χ3v) is 6.94. The first-order valence-corrected chi connectivity index (χ1v) is 11.9. The minimum absolute atomic E-state index is 0.0174. The van der Waals surface area contributed by atoms with Gasteiger partial charge in [-0.05, 0) is 53.9 Å². The Morgan fingerprint density at radius 1 is 1.16 bits per heavy atom. The zero-order valence-electron chi connectivity index (χ0n) is 17.4. The predicted molar refractivity (Wildman–Crippen MR) is 125 cm³/mol. The number of anilines is 1. The zero-order chi connectivity index (χ0) is 21.8. The average molecular weight is 455 g/mol. The molecule has 0 N–H and O–H groups in total. The third kappa shape index (κ3) is 5.17. The van der Waals surface area contributed by atoms with Gasteiger partial charge >= 0.3 is 0 Å². The van der Waals surface area contributed by atoms with E-state index >= 15 is 0 Å². The monoisotopic (exact) mass is 454 g/mol. The first-order chi connectivity index (χ1) is 15.0. The lowest BCUT2D eigenvalue weighted by Gasteiger charge is -2.18. The number of fused-ring (bicyclic) bond motifs is 1. The van der Waals surface area contributed by atoms with Gasteiger partial charge in [-0.25, -0.2) is 9.37 Å². The summed E-state index contributed by atoms with van der Waals surface area (Å²) in [6.45, 7) is 4.63. The van der Waals surface area contributed by atoms with Crippen LogP contribution in [0, 0.1) is 5.82 Å². The molecule has 0 aliphatic heterocycles. The molecule has 2 aromatic carbocycles. The number of nitrogens with zero attached hydrogens (tertiary/aromatic N) is 2. The SMILES string of the molecule is CC(C)c1cccc2sc(N(Cc3ccco3)C(=O)CCSc3ccc(F)cc3)nc12. The van der Waals surface area contributed by atoms with Gasteiger partial charge in [-0.3, -0.25) is 9.69 Å². The van der Waals surface area contributed by atoms with Gasteiger partial charge in [0.25, 0.3) is 0 Å². The number of hydrogen-bond donors (Lipinski definition) is 0. The number of thiazole rings is 1. The smallest absolute Gasteiger partial charge is 0.230 e. The van der Waals surface area contributed by atoms with Crippen molar-refractivity contribution in [3.05, 3.63) is 78.0 Å². The normalized spacial score (nSPS) is 11.4. The minimum Gasteiger partial charge on any atom is -0.467 e. The molecule has 0 saturated carbocycles. The number of para-hydroxylation sites is 1. The van der Waals surface area contributed by atoms with Crippen molar-refractivity contribution in [3.63, 3.8) is 0 Å². The molecule has 0 saturated heterocycles. The van der Waals surface area contributed by atoms with E-state index in [2.05, 4.69) is 19.9 Å². The average Bonchev–Trinajstić information content (AvgIpc) is 3.42. The maximum Gasteiger partial charge on any atom is 0.230 e. The Kier molecular flexibility index (Phi) is 6.73. The second-order valence-corrected chi connectivity index (χ2v) is 9.63. The Bertz CT molecular complexity index is 1150. The highest BCUT2D eigenvalue weighted by Crippen LogP contribution is 2.34. The van der Waals surface area contributed by atoms with Crippen LogP contribution in [0.2, 0.25) is 0 Å². The molecule has 0 unspecified atom stereocenters. The third-order valence-electron chi connectivity index (χ3n) is 4.89. The van der Waals surface area contributed by atoms with Crippen molar-refractivity contribution in [1.29, 1.82) is 0 Å². The van der Waals surface area contributed by atoms with E-state index in [1.165, 1.54) is 40.8 Å². The predicted octanol–water partition coefficient (Wildman–Crippen LogP) is 6.87. The van der Waals surface area contributed by atoms with Crippen molar-refractivity contribution in [2.45, 2.75) is 37.6 Å². The number of benzene rings is 2. The summed E-state index contributed by atoms with van der Waals surface area (Å²) in [6, 6.07) is 16.2. The fourth-order valence-corrected chi connectivity index (χ4v) is 5.14. The van der Waals surface area contributed by atoms with Gasteiger partial charge in [-0.15, -0.1) is 11.8 Å². The highest BCUT2D eigenvalue weighted by molar-refractivity contribution is 7.99. The molecule has 4 rings (SSSR count). The van der Waals surface area contributed by atoms with Crippen LogP contribution in [0.1, 0.15) is 37.5 Å². The van der Waals surface area contributed by atoms with Crippen molar-refractivity contribution in [2.75, 3.05) is 10.7 Å². The van der Waals surface area contributed by atoms with Gasteiger partial charge < -0.3 is 4.42 Å². The molecule has 2 aromatic heterocycles. The van der Waals surface area contributed by atoms with Gasteiger partial charge in [0.05, 0.1) is 23.0 Å². The van der Waals surface area contributed by atoms with Crippen molar-refractivity contribution in [1.82, 2.24) is 4.98 Å².